The molecule has 0 radical (unpaired) electrons. The molecule has 0 unspecified atom stereocenters. The molecule has 0 amide bonds. The summed E-state index contributed by atoms with van der Waals surface area (Å²) in [6.07, 6.45) is 4.26. The number of carbonyl (C=O) groups excluding carboxylic acids is 1. The molecule has 7 nitrogen and oxygen atoms in total. The molecule has 4 rings (SSSR count). The van der Waals surface area contributed by atoms with Crippen LogP contribution >= 0.6 is 0 Å². The van der Waals surface area contributed by atoms with Crippen molar-refractivity contribution < 1.29 is 23.8 Å². The molecule has 34 heavy (non-hydrogen) atoms. The first-order valence-corrected chi connectivity index (χ1v) is 10.3. The Bertz CT molecular complexity index is 1400. The van der Waals surface area contributed by atoms with Crippen LogP contribution in [-0.4, -0.2) is 34.4 Å². The Hall–Kier alpha value is -4.59. The van der Waals surface area contributed by atoms with Crippen LogP contribution in [0.5, 0.6) is 17.2 Å². The van der Waals surface area contributed by atoms with E-state index in [4.69, 9.17) is 9.47 Å². The largest absolute Gasteiger partial charge is 0.502 e. The third-order valence-electron chi connectivity index (χ3n) is 5.20. The topological polar surface area (TPSA) is 82.7 Å². The van der Waals surface area contributed by atoms with Crippen molar-refractivity contribution in [2.24, 2.45) is 0 Å². The zero-order chi connectivity index (χ0) is 24.2. The van der Waals surface area contributed by atoms with Crippen LogP contribution in [-0.2, 0) is 0 Å². The van der Waals surface area contributed by atoms with Crippen LogP contribution in [0.15, 0.2) is 83.8 Å². The highest BCUT2D eigenvalue weighted by molar-refractivity contribution is 5.96. The summed E-state index contributed by atoms with van der Waals surface area (Å²) >= 11 is 0. The van der Waals surface area contributed by atoms with Gasteiger partial charge in [0.05, 0.1) is 25.6 Å². The number of ether oxygens (including phenoxy) is 2. The standard InChI is InChI=1S/C26H21FN2O5/c1-33-22-14-17(15-23(34-2)25(22)31)8-13-24(30)29-21(18-9-11-19(27)12-10-18)16-28(26(29)32)20-6-4-3-5-7-20/h3-16,31H,1-2H3. The highest BCUT2D eigenvalue weighted by Crippen LogP contribution is 2.37. The second-order valence-electron chi connectivity index (χ2n) is 7.29. The van der Waals surface area contributed by atoms with Gasteiger partial charge < -0.3 is 14.6 Å². The first kappa shape index (κ1) is 22.6. The lowest BCUT2D eigenvalue weighted by Crippen LogP contribution is -2.27. The number of benzene rings is 3. The number of hydrogen-bond donors (Lipinski definition) is 1. The second-order valence-corrected chi connectivity index (χ2v) is 7.29. The fourth-order valence-electron chi connectivity index (χ4n) is 3.51. The molecule has 3 aromatic carbocycles. The maximum atomic E-state index is 13.5. The minimum Gasteiger partial charge on any atom is -0.502 e. The molecule has 0 saturated heterocycles. The Labute approximate surface area is 194 Å². The molecule has 0 spiro atoms. The Morgan fingerprint density at radius 1 is 0.971 bits per heavy atom. The molecule has 0 fully saturated rings. The van der Waals surface area contributed by atoms with E-state index in [0.29, 0.717) is 22.5 Å². The third kappa shape index (κ3) is 4.33. The number of imidazole rings is 1. The molecule has 4 aromatic rings. The first-order chi connectivity index (χ1) is 16.4. The van der Waals surface area contributed by atoms with Gasteiger partial charge in [-0.15, -0.1) is 0 Å². The summed E-state index contributed by atoms with van der Waals surface area (Å²) in [5.74, 6) is -0.855. The number of aromatic nitrogens is 2. The van der Waals surface area contributed by atoms with Crippen LogP contribution in [0, 0.1) is 5.82 Å². The molecule has 172 valence electrons. The zero-order valence-corrected chi connectivity index (χ0v) is 18.4. The van der Waals surface area contributed by atoms with Crippen LogP contribution in [0.3, 0.4) is 0 Å². The summed E-state index contributed by atoms with van der Waals surface area (Å²) in [7, 11) is 2.79. The number of phenolic OH excluding ortho intramolecular Hbond substituents is 1. The van der Waals surface area contributed by atoms with E-state index < -0.39 is 17.4 Å². The van der Waals surface area contributed by atoms with Crippen molar-refractivity contribution in [3.63, 3.8) is 0 Å². The van der Waals surface area contributed by atoms with E-state index in [1.807, 2.05) is 6.07 Å². The Morgan fingerprint density at radius 2 is 1.59 bits per heavy atom. The van der Waals surface area contributed by atoms with Gasteiger partial charge in [-0.2, -0.15) is 0 Å². The summed E-state index contributed by atoms with van der Waals surface area (Å²) < 4.78 is 26.1. The summed E-state index contributed by atoms with van der Waals surface area (Å²) in [6.45, 7) is 0. The van der Waals surface area contributed by atoms with Gasteiger partial charge in [-0.1, -0.05) is 18.2 Å². The van der Waals surface area contributed by atoms with Gasteiger partial charge in [-0.25, -0.2) is 13.8 Å². The van der Waals surface area contributed by atoms with E-state index in [1.165, 1.54) is 67.3 Å². The summed E-state index contributed by atoms with van der Waals surface area (Å²) in [5.41, 5.74) is 1.34. The van der Waals surface area contributed by atoms with E-state index >= 15 is 0 Å². The van der Waals surface area contributed by atoms with Gasteiger partial charge in [-0.05, 0) is 60.2 Å². The third-order valence-corrected chi connectivity index (χ3v) is 5.20. The van der Waals surface area contributed by atoms with Crippen molar-refractivity contribution in [3.8, 4) is 34.2 Å². The molecule has 0 aliphatic heterocycles. The Balaban J connectivity index is 1.80. The van der Waals surface area contributed by atoms with Crippen LogP contribution in [0.25, 0.3) is 23.0 Å². The first-order valence-electron chi connectivity index (χ1n) is 10.3. The van der Waals surface area contributed by atoms with Crippen molar-refractivity contribution in [3.05, 3.63) is 101 Å². The molecule has 0 atom stereocenters. The fraction of sp³-hybridized carbons (Fsp3) is 0.0769. The zero-order valence-electron chi connectivity index (χ0n) is 18.4. The van der Waals surface area contributed by atoms with Crippen LogP contribution in [0.4, 0.5) is 4.39 Å². The van der Waals surface area contributed by atoms with E-state index in [9.17, 15) is 19.1 Å². The van der Waals surface area contributed by atoms with Crippen LogP contribution in [0.1, 0.15) is 10.4 Å². The van der Waals surface area contributed by atoms with E-state index in [-0.39, 0.29) is 17.2 Å². The molecule has 0 aliphatic rings. The van der Waals surface area contributed by atoms with Crippen molar-refractivity contribution in [2.75, 3.05) is 14.2 Å². The average molecular weight is 460 g/mol. The highest BCUT2D eigenvalue weighted by Gasteiger charge is 2.18. The van der Waals surface area contributed by atoms with Gasteiger partial charge in [0, 0.05) is 17.8 Å². The van der Waals surface area contributed by atoms with Gasteiger partial charge in [0.25, 0.3) is 5.91 Å². The summed E-state index contributed by atoms with van der Waals surface area (Å²) in [5, 5.41) is 10.1. The molecule has 8 heteroatoms. The van der Waals surface area contributed by atoms with Gasteiger partial charge in [0.1, 0.15) is 5.82 Å². The Morgan fingerprint density at radius 3 is 2.18 bits per heavy atom. The monoisotopic (exact) mass is 460 g/mol. The molecule has 1 heterocycles. The van der Waals surface area contributed by atoms with Gasteiger partial charge in [0.15, 0.2) is 11.5 Å². The van der Waals surface area contributed by atoms with Gasteiger partial charge >= 0.3 is 5.69 Å². The van der Waals surface area contributed by atoms with Crippen LogP contribution < -0.4 is 15.2 Å². The minimum absolute atomic E-state index is 0.164. The number of rotatable bonds is 6. The number of nitrogens with zero attached hydrogens (tertiary/aromatic N) is 2. The van der Waals surface area contributed by atoms with Crippen molar-refractivity contribution in [1.29, 1.82) is 0 Å². The maximum Gasteiger partial charge on any atom is 0.340 e. The predicted octanol–water partition coefficient (Wildman–Crippen LogP) is 4.52. The lowest BCUT2D eigenvalue weighted by atomic mass is 10.1. The molecule has 0 bridgehead atoms. The predicted molar refractivity (Wildman–Crippen MR) is 126 cm³/mol. The highest BCUT2D eigenvalue weighted by atomic mass is 19.1. The quantitative estimate of drug-likeness (QED) is 0.428. The SMILES string of the molecule is COc1cc(C=CC(=O)n2c(-c3ccc(F)cc3)cn(-c3ccccc3)c2=O)cc(OC)c1O. The number of para-hydroxylation sites is 1. The number of allylic oxidation sites excluding steroid dienone is 1. The number of carbonyl (C=O) groups is 1. The number of aromatic hydroxyl groups is 1. The summed E-state index contributed by atoms with van der Waals surface area (Å²) in [4.78, 5) is 26.5. The minimum atomic E-state index is -0.606. The van der Waals surface area contributed by atoms with Crippen LogP contribution in [0.2, 0.25) is 0 Å². The Kier molecular flexibility index (Phi) is 6.31. The lowest BCUT2D eigenvalue weighted by Gasteiger charge is -2.09. The number of methoxy groups -OCH3 is 2. The molecule has 0 saturated carbocycles. The number of halogens is 1. The molecule has 0 aliphatic carbocycles. The molecular formula is C26H21FN2O5. The molecular weight excluding hydrogens is 439 g/mol. The fourth-order valence-corrected chi connectivity index (χ4v) is 3.51. The second kappa shape index (κ2) is 9.50. The van der Waals surface area contributed by atoms with Crippen molar-refractivity contribution in [2.45, 2.75) is 0 Å². The van der Waals surface area contributed by atoms with Crippen molar-refractivity contribution >= 4 is 12.0 Å². The van der Waals surface area contributed by atoms with E-state index in [0.717, 1.165) is 4.57 Å². The number of phenols is 1. The molecule has 1 aromatic heterocycles. The number of hydrogen-bond acceptors (Lipinski definition) is 5. The smallest absolute Gasteiger partial charge is 0.340 e. The van der Waals surface area contributed by atoms with E-state index in [2.05, 4.69) is 0 Å². The lowest BCUT2D eigenvalue weighted by molar-refractivity contribution is 0.0967. The van der Waals surface area contributed by atoms with Gasteiger partial charge in [0.2, 0.25) is 5.75 Å². The van der Waals surface area contributed by atoms with Crippen molar-refractivity contribution in [1.82, 2.24) is 9.13 Å². The van der Waals surface area contributed by atoms with Gasteiger partial charge in [-0.3, -0.25) is 9.36 Å². The molecule has 1 N–H and O–H groups in total. The summed E-state index contributed by atoms with van der Waals surface area (Å²) in [6, 6.07) is 17.5. The normalized spacial score (nSPS) is 11.0. The maximum absolute atomic E-state index is 13.5. The average Bonchev–Trinajstić information content (AvgIpc) is 3.21. The van der Waals surface area contributed by atoms with E-state index in [1.54, 1.807) is 30.5 Å².